The first-order valence-electron chi connectivity index (χ1n) is 6.83. The second-order valence-corrected chi connectivity index (χ2v) is 6.08. The van der Waals surface area contributed by atoms with Gasteiger partial charge in [-0.1, -0.05) is 6.92 Å². The van der Waals surface area contributed by atoms with Crippen LogP contribution in [0.3, 0.4) is 0 Å². The number of hydrogen-bond donors (Lipinski definition) is 1. The van der Waals surface area contributed by atoms with Gasteiger partial charge in [0, 0.05) is 35.4 Å². The van der Waals surface area contributed by atoms with Gasteiger partial charge in [-0.25, -0.2) is 0 Å². The molecule has 2 heterocycles. The first kappa shape index (κ1) is 14.0. The van der Waals surface area contributed by atoms with Gasteiger partial charge < -0.3 is 10.1 Å². The molecule has 2 rings (SSSR count). The van der Waals surface area contributed by atoms with Crippen LogP contribution in [0.4, 0.5) is 0 Å². The number of thiophene rings is 1. The molecule has 2 unspecified atom stereocenters. The van der Waals surface area contributed by atoms with Crippen LogP contribution in [0.1, 0.15) is 29.6 Å². The van der Waals surface area contributed by atoms with E-state index in [2.05, 4.69) is 36.2 Å². The van der Waals surface area contributed by atoms with E-state index in [0.29, 0.717) is 12.1 Å². The van der Waals surface area contributed by atoms with Gasteiger partial charge in [0.25, 0.3) is 0 Å². The Morgan fingerprint density at radius 2 is 2.39 bits per heavy atom. The van der Waals surface area contributed by atoms with Crippen LogP contribution in [0.25, 0.3) is 0 Å². The second-order valence-electron chi connectivity index (χ2n) is 4.88. The molecule has 0 radical (unpaired) electrons. The molecule has 1 aromatic rings. The van der Waals surface area contributed by atoms with Crippen LogP contribution in [0.2, 0.25) is 0 Å². The van der Waals surface area contributed by atoms with E-state index >= 15 is 0 Å². The van der Waals surface area contributed by atoms with Crippen molar-refractivity contribution in [2.45, 2.75) is 32.4 Å². The maximum Gasteiger partial charge on any atom is 0.0826 e. The summed E-state index contributed by atoms with van der Waals surface area (Å²) in [5.41, 5.74) is 0. The molecule has 1 aliphatic rings. The summed E-state index contributed by atoms with van der Waals surface area (Å²) in [7, 11) is 1.98. The Hall–Kier alpha value is -0.420. The van der Waals surface area contributed by atoms with Crippen molar-refractivity contribution in [1.82, 2.24) is 10.2 Å². The Labute approximate surface area is 114 Å². The van der Waals surface area contributed by atoms with Crippen molar-refractivity contribution in [2.75, 3.05) is 33.3 Å². The largest absolute Gasteiger partial charge is 0.374 e. The smallest absolute Gasteiger partial charge is 0.0826 e. The van der Waals surface area contributed by atoms with Gasteiger partial charge in [-0.15, -0.1) is 11.3 Å². The van der Waals surface area contributed by atoms with E-state index in [-0.39, 0.29) is 0 Å². The molecule has 102 valence electrons. The van der Waals surface area contributed by atoms with E-state index in [4.69, 9.17) is 4.74 Å². The summed E-state index contributed by atoms with van der Waals surface area (Å²) in [5, 5.41) is 3.20. The van der Waals surface area contributed by atoms with Gasteiger partial charge >= 0.3 is 0 Å². The molecular formula is C14H24N2OS. The SMILES string of the molecule is CCc1ccc(C(C)N2CCOC(CNC)C2)s1. The van der Waals surface area contributed by atoms with Gasteiger partial charge in [-0.2, -0.15) is 0 Å². The molecular weight excluding hydrogens is 244 g/mol. The fraction of sp³-hybridized carbons (Fsp3) is 0.714. The van der Waals surface area contributed by atoms with Crippen molar-refractivity contribution in [3.05, 3.63) is 21.9 Å². The van der Waals surface area contributed by atoms with Gasteiger partial charge in [0.05, 0.1) is 12.7 Å². The number of ether oxygens (including phenoxy) is 1. The number of nitrogens with zero attached hydrogens (tertiary/aromatic N) is 1. The Kier molecular flexibility index (Phi) is 5.18. The Balaban J connectivity index is 1.97. The molecule has 1 fully saturated rings. The summed E-state index contributed by atoms with van der Waals surface area (Å²) < 4.78 is 5.76. The topological polar surface area (TPSA) is 24.5 Å². The summed E-state index contributed by atoms with van der Waals surface area (Å²) in [6.45, 7) is 8.39. The molecule has 1 aliphatic heterocycles. The molecule has 0 bridgehead atoms. The molecule has 3 nitrogen and oxygen atoms in total. The fourth-order valence-corrected chi connectivity index (χ4v) is 3.47. The highest BCUT2D eigenvalue weighted by Crippen LogP contribution is 2.28. The van der Waals surface area contributed by atoms with Gasteiger partial charge in [0.2, 0.25) is 0 Å². The van der Waals surface area contributed by atoms with Crippen molar-refractivity contribution in [3.8, 4) is 0 Å². The minimum absolute atomic E-state index is 0.330. The predicted molar refractivity (Wildman–Crippen MR) is 77.4 cm³/mol. The molecule has 1 aromatic heterocycles. The van der Waals surface area contributed by atoms with Crippen LogP contribution < -0.4 is 5.32 Å². The summed E-state index contributed by atoms with van der Waals surface area (Å²) in [5.74, 6) is 0. The lowest BCUT2D eigenvalue weighted by atomic mass is 10.2. The average molecular weight is 268 g/mol. The van der Waals surface area contributed by atoms with Gasteiger partial charge in [-0.3, -0.25) is 4.90 Å². The van der Waals surface area contributed by atoms with Crippen LogP contribution in [0, 0.1) is 0 Å². The average Bonchev–Trinajstić information content (AvgIpc) is 2.87. The summed E-state index contributed by atoms with van der Waals surface area (Å²) in [6.07, 6.45) is 1.47. The summed E-state index contributed by atoms with van der Waals surface area (Å²) >= 11 is 1.95. The van der Waals surface area contributed by atoms with Crippen molar-refractivity contribution in [1.29, 1.82) is 0 Å². The summed E-state index contributed by atoms with van der Waals surface area (Å²) in [6, 6.07) is 5.07. The summed E-state index contributed by atoms with van der Waals surface area (Å²) in [4.78, 5) is 5.50. The van der Waals surface area contributed by atoms with E-state index in [0.717, 1.165) is 32.7 Å². The third kappa shape index (κ3) is 3.32. The number of likely N-dealkylation sites (N-methyl/N-ethyl adjacent to an activating group) is 1. The van der Waals surface area contributed by atoms with Crippen LogP contribution in [-0.2, 0) is 11.2 Å². The van der Waals surface area contributed by atoms with Gasteiger partial charge in [-0.05, 0) is 32.5 Å². The molecule has 2 atom stereocenters. The third-order valence-corrected chi connectivity index (χ3v) is 4.99. The first-order valence-corrected chi connectivity index (χ1v) is 7.65. The van der Waals surface area contributed by atoms with Gasteiger partial charge in [0.1, 0.15) is 0 Å². The lowest BCUT2D eigenvalue weighted by molar-refractivity contribution is -0.0388. The highest BCUT2D eigenvalue weighted by molar-refractivity contribution is 7.12. The molecule has 0 spiro atoms. The monoisotopic (exact) mass is 268 g/mol. The first-order chi connectivity index (χ1) is 8.74. The number of hydrogen-bond acceptors (Lipinski definition) is 4. The van der Waals surface area contributed by atoms with E-state index in [9.17, 15) is 0 Å². The predicted octanol–water partition coefficient (Wildman–Crippen LogP) is 2.29. The highest BCUT2D eigenvalue weighted by atomic mass is 32.1. The fourth-order valence-electron chi connectivity index (χ4n) is 2.43. The molecule has 0 aromatic carbocycles. The molecule has 1 saturated heterocycles. The lowest BCUT2D eigenvalue weighted by Gasteiger charge is -2.36. The Morgan fingerprint density at radius 1 is 1.56 bits per heavy atom. The molecule has 1 N–H and O–H groups in total. The van der Waals surface area contributed by atoms with Crippen LogP contribution >= 0.6 is 11.3 Å². The maximum atomic E-state index is 5.76. The van der Waals surface area contributed by atoms with Crippen LogP contribution in [0.15, 0.2) is 12.1 Å². The highest BCUT2D eigenvalue weighted by Gasteiger charge is 2.25. The second kappa shape index (κ2) is 6.66. The standard InChI is InChI=1S/C14H24N2OS/c1-4-13-5-6-14(18-13)11(2)16-7-8-17-12(10-16)9-15-3/h5-6,11-12,15H,4,7-10H2,1-3H3. The molecule has 0 aliphatic carbocycles. The van der Waals surface area contributed by atoms with Crippen LogP contribution in [0.5, 0.6) is 0 Å². The Bertz CT molecular complexity index is 364. The zero-order chi connectivity index (χ0) is 13.0. The van der Waals surface area contributed by atoms with E-state index in [1.54, 1.807) is 0 Å². The molecule has 0 saturated carbocycles. The van der Waals surface area contributed by atoms with Crippen molar-refractivity contribution in [3.63, 3.8) is 0 Å². The maximum absolute atomic E-state index is 5.76. The van der Waals surface area contributed by atoms with Crippen molar-refractivity contribution in [2.24, 2.45) is 0 Å². The zero-order valence-electron chi connectivity index (χ0n) is 11.6. The van der Waals surface area contributed by atoms with Crippen LogP contribution in [-0.4, -0.2) is 44.3 Å². The normalized spacial score (nSPS) is 23.2. The third-order valence-electron chi connectivity index (χ3n) is 3.59. The molecule has 4 heteroatoms. The quantitative estimate of drug-likeness (QED) is 0.887. The number of aryl methyl sites for hydroxylation is 1. The zero-order valence-corrected chi connectivity index (χ0v) is 12.4. The minimum Gasteiger partial charge on any atom is -0.374 e. The number of nitrogens with one attached hydrogen (secondary N) is 1. The lowest BCUT2D eigenvalue weighted by Crippen LogP contribution is -2.46. The minimum atomic E-state index is 0.330. The number of rotatable bonds is 5. The molecule has 0 amide bonds. The Morgan fingerprint density at radius 3 is 3.06 bits per heavy atom. The molecule has 18 heavy (non-hydrogen) atoms. The number of morpholine rings is 1. The van der Waals surface area contributed by atoms with E-state index < -0.39 is 0 Å². The van der Waals surface area contributed by atoms with Gasteiger partial charge in [0.15, 0.2) is 0 Å². The van der Waals surface area contributed by atoms with Crippen molar-refractivity contribution < 1.29 is 4.74 Å². The van der Waals surface area contributed by atoms with Crippen molar-refractivity contribution >= 4 is 11.3 Å². The van der Waals surface area contributed by atoms with E-state index in [1.165, 1.54) is 9.75 Å². The van der Waals surface area contributed by atoms with E-state index in [1.807, 2.05) is 18.4 Å².